The van der Waals surface area contributed by atoms with Gasteiger partial charge in [-0.2, -0.15) is 0 Å². The Bertz CT molecular complexity index is 803. The van der Waals surface area contributed by atoms with E-state index in [4.69, 9.17) is 0 Å². The molecule has 0 aliphatic carbocycles. The monoisotopic (exact) mass is 386 g/mol. The average Bonchev–Trinajstić information content (AvgIpc) is 2.98. The molecule has 3 amide bonds. The minimum absolute atomic E-state index is 0.164. The summed E-state index contributed by atoms with van der Waals surface area (Å²) in [5.74, 6) is -0.841. The number of carbonyl (C=O) groups is 3. The van der Waals surface area contributed by atoms with Crippen molar-refractivity contribution in [3.63, 3.8) is 0 Å². The van der Waals surface area contributed by atoms with Gasteiger partial charge in [0.2, 0.25) is 11.8 Å². The highest BCUT2D eigenvalue weighted by atomic mass is 16.3. The molecular formula is C20H26N4O4. The van der Waals surface area contributed by atoms with Crippen LogP contribution in [0.5, 0.6) is 0 Å². The van der Waals surface area contributed by atoms with E-state index in [1.54, 1.807) is 4.90 Å². The molecule has 1 unspecified atom stereocenters. The summed E-state index contributed by atoms with van der Waals surface area (Å²) in [4.78, 5) is 37.9. The summed E-state index contributed by atoms with van der Waals surface area (Å²) in [6.07, 6.45) is 2.07. The number of nitrogens with one attached hydrogen (secondary N) is 3. The van der Waals surface area contributed by atoms with Crippen molar-refractivity contribution in [2.75, 3.05) is 19.6 Å². The lowest BCUT2D eigenvalue weighted by Gasteiger charge is -2.32. The number of hydrogen-bond acceptors (Lipinski definition) is 6. The van der Waals surface area contributed by atoms with Crippen LogP contribution >= 0.6 is 0 Å². The largest absolute Gasteiger partial charge is 0.388 e. The second-order valence-corrected chi connectivity index (χ2v) is 7.97. The van der Waals surface area contributed by atoms with Gasteiger partial charge >= 0.3 is 0 Å². The fourth-order valence-corrected chi connectivity index (χ4v) is 4.22. The quantitative estimate of drug-likeness (QED) is 0.515. The van der Waals surface area contributed by atoms with E-state index in [9.17, 15) is 19.5 Å². The highest BCUT2D eigenvalue weighted by Gasteiger charge is 2.39. The van der Waals surface area contributed by atoms with Crippen LogP contribution in [0.2, 0.25) is 0 Å². The Morgan fingerprint density at radius 3 is 2.75 bits per heavy atom. The number of benzene rings is 1. The van der Waals surface area contributed by atoms with Gasteiger partial charge in [0.05, 0.1) is 5.60 Å². The van der Waals surface area contributed by atoms with Crippen LogP contribution in [0.1, 0.15) is 47.2 Å². The molecule has 8 nitrogen and oxygen atoms in total. The lowest BCUT2D eigenvalue weighted by Crippen LogP contribution is -2.52. The molecule has 4 N–H and O–H groups in total. The summed E-state index contributed by atoms with van der Waals surface area (Å²) in [6, 6.07) is 5.17. The van der Waals surface area contributed by atoms with Crippen molar-refractivity contribution in [3.05, 3.63) is 34.9 Å². The standard InChI is InChI=1S/C20H26N4O4/c25-17-4-3-16(18(26)23-17)24-11-14-2-1-13(9-15(14)19(24)27)10-22-12-20(28)5-7-21-8-6-20/h1-2,9,16,21-22,28H,3-8,10-12H2,(H,23,25,26). The van der Waals surface area contributed by atoms with Crippen LogP contribution in [0.4, 0.5) is 0 Å². The molecule has 150 valence electrons. The van der Waals surface area contributed by atoms with E-state index in [0.29, 0.717) is 31.6 Å². The molecule has 1 atom stereocenters. The van der Waals surface area contributed by atoms with Crippen molar-refractivity contribution >= 4 is 17.7 Å². The summed E-state index contributed by atoms with van der Waals surface area (Å²) in [5, 5.41) is 19.4. The third kappa shape index (κ3) is 3.80. The van der Waals surface area contributed by atoms with Crippen LogP contribution in [0.25, 0.3) is 0 Å². The zero-order valence-electron chi connectivity index (χ0n) is 15.8. The van der Waals surface area contributed by atoms with Gasteiger partial charge in [-0.05, 0) is 49.5 Å². The molecule has 28 heavy (non-hydrogen) atoms. The zero-order chi connectivity index (χ0) is 19.7. The first-order valence-corrected chi connectivity index (χ1v) is 9.85. The van der Waals surface area contributed by atoms with Crippen LogP contribution in [0, 0.1) is 0 Å². The first-order chi connectivity index (χ1) is 13.5. The molecule has 4 rings (SSSR count). The summed E-state index contributed by atoms with van der Waals surface area (Å²) < 4.78 is 0. The highest BCUT2D eigenvalue weighted by molar-refractivity contribution is 6.05. The van der Waals surface area contributed by atoms with Crippen molar-refractivity contribution in [3.8, 4) is 0 Å². The molecule has 2 fully saturated rings. The maximum atomic E-state index is 12.8. The lowest BCUT2D eigenvalue weighted by molar-refractivity contribution is -0.136. The molecule has 1 aromatic carbocycles. The molecule has 3 aliphatic heterocycles. The second-order valence-electron chi connectivity index (χ2n) is 7.97. The summed E-state index contributed by atoms with van der Waals surface area (Å²) in [6.45, 7) is 3.11. The van der Waals surface area contributed by atoms with E-state index >= 15 is 0 Å². The maximum Gasteiger partial charge on any atom is 0.255 e. The van der Waals surface area contributed by atoms with Crippen LogP contribution in [-0.4, -0.2) is 59.0 Å². The number of aliphatic hydroxyl groups is 1. The van der Waals surface area contributed by atoms with E-state index in [-0.39, 0.29) is 18.2 Å². The molecule has 0 spiro atoms. The predicted octanol–water partition coefficient (Wildman–Crippen LogP) is -0.348. The minimum Gasteiger partial charge on any atom is -0.388 e. The fourth-order valence-electron chi connectivity index (χ4n) is 4.22. The van der Waals surface area contributed by atoms with Gasteiger partial charge in [-0.25, -0.2) is 0 Å². The summed E-state index contributed by atoms with van der Waals surface area (Å²) in [5.41, 5.74) is 1.80. The molecule has 2 saturated heterocycles. The third-order valence-electron chi connectivity index (χ3n) is 5.91. The molecular weight excluding hydrogens is 360 g/mol. The Kier molecular flexibility index (Phi) is 5.18. The lowest BCUT2D eigenvalue weighted by atomic mass is 9.92. The maximum absolute atomic E-state index is 12.8. The fraction of sp³-hybridized carbons (Fsp3) is 0.550. The molecule has 1 aromatic rings. The van der Waals surface area contributed by atoms with Gasteiger partial charge in [0.15, 0.2) is 0 Å². The second kappa shape index (κ2) is 7.62. The average molecular weight is 386 g/mol. The van der Waals surface area contributed by atoms with Crippen molar-refractivity contribution in [2.45, 2.75) is 50.4 Å². The number of amides is 3. The number of imide groups is 1. The summed E-state index contributed by atoms with van der Waals surface area (Å²) >= 11 is 0. The van der Waals surface area contributed by atoms with E-state index < -0.39 is 17.6 Å². The molecule has 3 heterocycles. The van der Waals surface area contributed by atoms with Gasteiger partial charge < -0.3 is 20.6 Å². The van der Waals surface area contributed by atoms with Gasteiger partial charge in [0.25, 0.3) is 5.91 Å². The van der Waals surface area contributed by atoms with Crippen molar-refractivity contribution in [2.24, 2.45) is 0 Å². The Labute approximate surface area is 163 Å². The molecule has 8 heteroatoms. The Balaban J connectivity index is 1.39. The van der Waals surface area contributed by atoms with Gasteiger partial charge in [-0.3, -0.25) is 19.7 Å². The first kappa shape index (κ1) is 19.0. The van der Waals surface area contributed by atoms with E-state index in [1.165, 1.54) is 0 Å². The Morgan fingerprint density at radius 1 is 1.21 bits per heavy atom. The molecule has 3 aliphatic rings. The van der Waals surface area contributed by atoms with Gasteiger partial charge in [-0.1, -0.05) is 12.1 Å². The topological polar surface area (TPSA) is 111 Å². The molecule has 0 radical (unpaired) electrons. The number of hydrogen-bond donors (Lipinski definition) is 4. The van der Waals surface area contributed by atoms with Crippen LogP contribution in [0.3, 0.4) is 0 Å². The van der Waals surface area contributed by atoms with Crippen molar-refractivity contribution in [1.29, 1.82) is 0 Å². The van der Waals surface area contributed by atoms with Gasteiger partial charge in [0.1, 0.15) is 6.04 Å². The SMILES string of the molecule is O=C1CCC(N2Cc3ccc(CNCC4(O)CCNCC4)cc3C2=O)C(=O)N1. The summed E-state index contributed by atoms with van der Waals surface area (Å²) in [7, 11) is 0. The van der Waals surface area contributed by atoms with Gasteiger partial charge in [0, 0.05) is 31.6 Å². The molecule has 0 saturated carbocycles. The van der Waals surface area contributed by atoms with Crippen LogP contribution in [0.15, 0.2) is 18.2 Å². The third-order valence-corrected chi connectivity index (χ3v) is 5.91. The van der Waals surface area contributed by atoms with Gasteiger partial charge in [-0.15, -0.1) is 0 Å². The number of nitrogens with zero attached hydrogens (tertiary/aromatic N) is 1. The predicted molar refractivity (Wildman–Crippen MR) is 101 cm³/mol. The minimum atomic E-state index is -0.680. The smallest absolute Gasteiger partial charge is 0.255 e. The Morgan fingerprint density at radius 2 is 2.00 bits per heavy atom. The van der Waals surface area contributed by atoms with Crippen LogP contribution < -0.4 is 16.0 Å². The zero-order valence-corrected chi connectivity index (χ0v) is 15.8. The normalized spacial score (nSPS) is 24.2. The number of rotatable bonds is 5. The number of piperidine rings is 2. The first-order valence-electron chi connectivity index (χ1n) is 9.85. The Hall–Kier alpha value is -2.29. The molecule has 0 bridgehead atoms. The number of carbonyl (C=O) groups excluding carboxylic acids is 3. The van der Waals surface area contributed by atoms with Crippen molar-refractivity contribution < 1.29 is 19.5 Å². The van der Waals surface area contributed by atoms with E-state index in [2.05, 4.69) is 16.0 Å². The van der Waals surface area contributed by atoms with E-state index in [1.807, 2.05) is 18.2 Å². The highest BCUT2D eigenvalue weighted by Crippen LogP contribution is 2.28. The number of fused-ring (bicyclic) bond motifs is 1. The van der Waals surface area contributed by atoms with E-state index in [0.717, 1.165) is 37.1 Å². The van der Waals surface area contributed by atoms with Crippen LogP contribution in [-0.2, 0) is 22.7 Å². The van der Waals surface area contributed by atoms with Crippen molar-refractivity contribution in [1.82, 2.24) is 20.9 Å². The molecule has 0 aromatic heterocycles.